The molecule has 0 aromatic rings. The third-order valence-corrected chi connectivity index (χ3v) is 16.1. The van der Waals surface area contributed by atoms with Crippen molar-refractivity contribution in [2.75, 3.05) is 39.6 Å². The molecule has 20 heteroatoms. The van der Waals surface area contributed by atoms with Gasteiger partial charge in [0.15, 0.2) is 12.4 Å². The average Bonchev–Trinajstić information content (AvgIpc) is 3.46. The van der Waals surface area contributed by atoms with Crippen molar-refractivity contribution in [1.82, 2.24) is 10.6 Å². The van der Waals surface area contributed by atoms with E-state index in [1.54, 1.807) is 0 Å². The standard InChI is InChI=1S/C62H115N2O17P/c1-4-7-10-13-16-19-20-21-23-27-32-37-42-75-43-38-33-28-24-25-30-35-40-45-77-59-55(63-49-66)62(80-51(47-65)57(59)81-82(72,73)74)78-48-52-56(69)58(76-44-39-34-29-18-15-12-9-6-3)54(60(79-52)61(70)71)64-53(68)46-50(67)41-36-31-26-22-17-14-11-8-5-2/h19-20,49,51-52,54-60,62,65,69H,4-18,21-48H2,1-3H3,(H,63,66)(H,64,68)(H,70,71)(H2,72,73,74)/b20-19-/t51-,52-,54-,55-,56-,57-,58-,59-,60+,62-/m1/s1. The maximum absolute atomic E-state index is 13.4. The molecule has 480 valence electrons. The van der Waals surface area contributed by atoms with Gasteiger partial charge in [0.1, 0.15) is 48.4 Å². The number of aliphatic hydroxyl groups excluding tert-OH is 2. The topological polar surface area (TPSA) is 275 Å². The Kier molecular flexibility index (Phi) is 45.9. The van der Waals surface area contributed by atoms with Gasteiger partial charge in [-0.05, 0) is 57.8 Å². The van der Waals surface area contributed by atoms with Gasteiger partial charge in [0.25, 0.3) is 0 Å². The number of hydrogen-bond acceptors (Lipinski definition) is 14. The first kappa shape index (κ1) is 75.7. The molecule has 0 aromatic heterocycles. The van der Waals surface area contributed by atoms with Gasteiger partial charge in [0.2, 0.25) is 12.3 Å². The lowest BCUT2D eigenvalue weighted by Gasteiger charge is -2.46. The highest BCUT2D eigenvalue weighted by Gasteiger charge is 2.53. The lowest BCUT2D eigenvalue weighted by atomic mass is 9.92. The van der Waals surface area contributed by atoms with Crippen molar-refractivity contribution in [2.45, 2.75) is 319 Å². The molecule has 0 saturated carbocycles. The molecule has 19 nitrogen and oxygen atoms in total. The Bertz CT molecular complexity index is 1670. The van der Waals surface area contributed by atoms with E-state index in [0.29, 0.717) is 25.7 Å². The zero-order valence-electron chi connectivity index (χ0n) is 51.0. The fourth-order valence-corrected chi connectivity index (χ4v) is 11.4. The van der Waals surface area contributed by atoms with E-state index >= 15 is 0 Å². The molecule has 2 amide bonds. The second-order valence-electron chi connectivity index (χ2n) is 22.9. The largest absolute Gasteiger partial charge is 0.479 e. The molecule has 7 N–H and O–H groups in total. The Balaban J connectivity index is 1.99. The van der Waals surface area contributed by atoms with Crippen LogP contribution in [0.15, 0.2) is 12.2 Å². The van der Waals surface area contributed by atoms with Gasteiger partial charge in [-0.25, -0.2) is 9.36 Å². The Labute approximate surface area is 493 Å². The number of aliphatic hydroxyl groups is 2. The van der Waals surface area contributed by atoms with E-state index in [1.807, 2.05) is 0 Å². The molecule has 2 rings (SSSR count). The van der Waals surface area contributed by atoms with E-state index in [4.69, 9.17) is 32.9 Å². The highest BCUT2D eigenvalue weighted by Crippen LogP contribution is 2.42. The summed E-state index contributed by atoms with van der Waals surface area (Å²) in [5.74, 6) is -2.48. The summed E-state index contributed by atoms with van der Waals surface area (Å²) in [4.78, 5) is 71.2. The van der Waals surface area contributed by atoms with Crippen LogP contribution in [0.5, 0.6) is 0 Å². The Morgan fingerprint density at radius 3 is 1.48 bits per heavy atom. The van der Waals surface area contributed by atoms with Crippen LogP contribution in [0, 0.1) is 0 Å². The molecule has 2 aliphatic heterocycles. The molecule has 0 bridgehead atoms. The van der Waals surface area contributed by atoms with Crippen LogP contribution in [0.2, 0.25) is 0 Å². The average molecular weight is 1190 g/mol. The lowest BCUT2D eigenvalue weighted by molar-refractivity contribution is -0.288. The molecule has 0 radical (unpaired) electrons. The maximum Gasteiger partial charge on any atom is 0.470 e. The molecule has 2 fully saturated rings. The highest BCUT2D eigenvalue weighted by molar-refractivity contribution is 7.46. The number of carbonyl (C=O) groups excluding carboxylic acids is 3. The summed E-state index contributed by atoms with van der Waals surface area (Å²) in [5, 5.41) is 38.0. The number of phosphoric acid groups is 1. The number of phosphoric ester groups is 1. The van der Waals surface area contributed by atoms with Crippen LogP contribution in [0.4, 0.5) is 0 Å². The minimum Gasteiger partial charge on any atom is -0.479 e. The first-order chi connectivity index (χ1) is 39.8. The number of carbonyl (C=O) groups is 4. The van der Waals surface area contributed by atoms with E-state index in [1.165, 1.54) is 89.9 Å². The van der Waals surface area contributed by atoms with Crippen LogP contribution < -0.4 is 10.6 Å². The molecule has 2 heterocycles. The van der Waals surface area contributed by atoms with Crippen molar-refractivity contribution in [3.05, 3.63) is 12.2 Å². The van der Waals surface area contributed by atoms with Crippen molar-refractivity contribution in [3.8, 4) is 0 Å². The van der Waals surface area contributed by atoms with Crippen molar-refractivity contribution in [3.63, 3.8) is 0 Å². The third kappa shape index (κ3) is 35.9. The number of ketones is 1. The van der Waals surface area contributed by atoms with Crippen LogP contribution in [-0.2, 0) is 56.7 Å². The van der Waals surface area contributed by atoms with Gasteiger partial charge < -0.3 is 64.2 Å². The Morgan fingerprint density at radius 1 is 0.549 bits per heavy atom. The first-order valence-corrected chi connectivity index (χ1v) is 34.0. The number of Topliss-reactive ketones (excluding diaryl/α,β-unsaturated/α-hetero) is 1. The van der Waals surface area contributed by atoms with Crippen LogP contribution in [0.25, 0.3) is 0 Å². The minimum atomic E-state index is -5.21. The van der Waals surface area contributed by atoms with Gasteiger partial charge in [-0.3, -0.25) is 18.9 Å². The molecule has 2 saturated heterocycles. The molecule has 0 spiro atoms. The lowest BCUT2D eigenvalue weighted by Crippen LogP contribution is -2.68. The SMILES string of the molecule is CCCCCC/C=C\CCCCCCOCCCCCCCCCCO[C@@H]1[C@@H](NC=O)[C@H](OC[C@H]2O[C@H](C(=O)O)[C@H](NC(=O)CC(=O)CCCCCCCCCCC)[C@@H](OCCCCCCCCCC)[C@@H]2O)O[C@H](CO)[C@H]1OP(=O)(O)O. The first-order valence-electron chi connectivity index (χ1n) is 32.5. The molecule has 2 aliphatic rings. The van der Waals surface area contributed by atoms with Crippen molar-refractivity contribution < 1.29 is 81.8 Å². The second kappa shape index (κ2) is 49.7. The van der Waals surface area contributed by atoms with Gasteiger partial charge in [0, 0.05) is 32.8 Å². The summed E-state index contributed by atoms with van der Waals surface area (Å²) in [6, 6.07) is -2.68. The maximum atomic E-state index is 13.4. The van der Waals surface area contributed by atoms with Crippen molar-refractivity contribution >= 4 is 31.9 Å². The summed E-state index contributed by atoms with van der Waals surface area (Å²) in [6.45, 7) is 7.04. The van der Waals surface area contributed by atoms with Crippen LogP contribution >= 0.6 is 7.82 Å². The van der Waals surface area contributed by atoms with E-state index in [9.17, 15) is 48.8 Å². The normalized spacial score (nSPS) is 23.1. The second-order valence-corrected chi connectivity index (χ2v) is 24.0. The fourth-order valence-electron chi connectivity index (χ4n) is 10.8. The molecule has 0 aliphatic carbocycles. The van der Waals surface area contributed by atoms with Gasteiger partial charge in [-0.15, -0.1) is 0 Å². The number of nitrogens with one attached hydrogen (secondary N) is 2. The smallest absolute Gasteiger partial charge is 0.470 e. The predicted octanol–water partition coefficient (Wildman–Crippen LogP) is 11.4. The van der Waals surface area contributed by atoms with Crippen molar-refractivity contribution in [1.29, 1.82) is 0 Å². The van der Waals surface area contributed by atoms with Gasteiger partial charge in [-0.1, -0.05) is 200 Å². The number of carboxylic acids is 1. The highest BCUT2D eigenvalue weighted by atomic mass is 31.2. The quantitative estimate of drug-likeness (QED) is 0.00980. The van der Waals surface area contributed by atoms with E-state index in [2.05, 4.69) is 43.6 Å². The summed E-state index contributed by atoms with van der Waals surface area (Å²) < 4.78 is 53.7. The number of hydrogen-bond donors (Lipinski definition) is 7. The van der Waals surface area contributed by atoms with Gasteiger partial charge >= 0.3 is 13.8 Å². The Morgan fingerprint density at radius 2 is 1.00 bits per heavy atom. The number of amides is 2. The third-order valence-electron chi connectivity index (χ3n) is 15.6. The van der Waals surface area contributed by atoms with Gasteiger partial charge in [-0.2, -0.15) is 0 Å². The monoisotopic (exact) mass is 1190 g/mol. The van der Waals surface area contributed by atoms with E-state index < -0.39 is 100 Å². The van der Waals surface area contributed by atoms with Crippen LogP contribution in [-0.4, -0.2) is 150 Å². The number of carboxylic acid groups (broad SMARTS) is 1. The zero-order valence-corrected chi connectivity index (χ0v) is 51.9. The van der Waals surface area contributed by atoms with E-state index in [-0.39, 0.29) is 25.4 Å². The summed E-state index contributed by atoms with van der Waals surface area (Å²) in [7, 11) is -5.21. The van der Waals surface area contributed by atoms with Gasteiger partial charge in [0.05, 0.1) is 25.7 Å². The van der Waals surface area contributed by atoms with Crippen LogP contribution in [0.1, 0.15) is 258 Å². The molecule has 0 unspecified atom stereocenters. The van der Waals surface area contributed by atoms with Crippen LogP contribution in [0.3, 0.4) is 0 Å². The molecule has 0 aromatic carbocycles. The minimum absolute atomic E-state index is 0.0990. The summed E-state index contributed by atoms with van der Waals surface area (Å²) in [6.07, 6.45) is 30.5. The molecular weight excluding hydrogens is 1080 g/mol. The predicted molar refractivity (Wildman–Crippen MR) is 318 cm³/mol. The summed E-state index contributed by atoms with van der Waals surface area (Å²) in [5.41, 5.74) is 0. The molecule has 10 atom stereocenters. The van der Waals surface area contributed by atoms with Crippen molar-refractivity contribution in [2.24, 2.45) is 0 Å². The number of ether oxygens (including phenoxy) is 6. The Hall–Kier alpha value is -2.39. The number of allylic oxidation sites excluding steroid dienone is 2. The number of rotatable bonds is 56. The molecular formula is C62H115N2O17P. The number of unbranched alkanes of at least 4 members (excludes halogenated alkanes) is 30. The fraction of sp³-hybridized carbons (Fsp3) is 0.903. The number of aliphatic carboxylic acids is 1. The zero-order chi connectivity index (χ0) is 59.9. The van der Waals surface area contributed by atoms with E-state index in [0.717, 1.165) is 129 Å². The summed E-state index contributed by atoms with van der Waals surface area (Å²) >= 11 is 0. The molecule has 82 heavy (non-hydrogen) atoms.